The monoisotopic (exact) mass is 262 g/mol. The molecule has 8 heavy (non-hydrogen) atoms. The number of hydrogen-bond donors (Lipinski definition) is 0. The highest BCUT2D eigenvalue weighted by Crippen LogP contribution is 2.10. The van der Waals surface area contributed by atoms with Crippen LogP contribution in [0.2, 0.25) is 0 Å². The molecule has 0 aromatic carbocycles. The Bertz CT molecular complexity index is 86.1. The summed E-state index contributed by atoms with van der Waals surface area (Å²) in [6.07, 6.45) is 0.672. The standard InChI is InChI=1S/C4H5Br2ClO/c5-3(1-2-7)4(6)8/h3H,1-2H2. The molecule has 0 aromatic rings. The fraction of sp³-hybridized carbons (Fsp3) is 0.750. The minimum absolute atomic E-state index is 0.0434. The van der Waals surface area contributed by atoms with E-state index in [1.807, 2.05) is 0 Å². The number of alkyl halides is 2. The summed E-state index contributed by atoms with van der Waals surface area (Å²) in [7, 11) is 0. The average molecular weight is 264 g/mol. The highest BCUT2D eigenvalue weighted by molar-refractivity contribution is 9.20. The zero-order valence-corrected chi connectivity index (χ0v) is 7.96. The second kappa shape index (κ2) is 4.77. The van der Waals surface area contributed by atoms with E-state index < -0.39 is 0 Å². The Morgan fingerprint density at radius 3 is 2.38 bits per heavy atom. The summed E-state index contributed by atoms with van der Waals surface area (Å²) in [5, 5.41) is 0. The molecular weight excluding hydrogens is 259 g/mol. The summed E-state index contributed by atoms with van der Waals surface area (Å²) < 4.78 is -0.0434. The lowest BCUT2D eigenvalue weighted by Gasteiger charge is -1.97. The second-order valence-electron chi connectivity index (χ2n) is 1.25. The summed E-state index contributed by atoms with van der Waals surface area (Å²) in [5.74, 6) is 0.507. The van der Waals surface area contributed by atoms with Crippen molar-refractivity contribution in [3.63, 3.8) is 0 Å². The lowest BCUT2D eigenvalue weighted by molar-refractivity contribution is -0.109. The molecule has 1 unspecified atom stereocenters. The lowest BCUT2D eigenvalue weighted by Crippen LogP contribution is -2.06. The Balaban J connectivity index is 3.32. The van der Waals surface area contributed by atoms with Gasteiger partial charge in [0.05, 0.1) is 4.83 Å². The maximum atomic E-state index is 10.3. The van der Waals surface area contributed by atoms with Gasteiger partial charge in [0.1, 0.15) is 0 Å². The normalized spacial score (nSPS) is 13.4. The van der Waals surface area contributed by atoms with Gasteiger partial charge in [-0.3, -0.25) is 4.79 Å². The van der Waals surface area contributed by atoms with Crippen LogP contribution in [-0.4, -0.2) is 15.4 Å². The molecule has 0 aliphatic heterocycles. The van der Waals surface area contributed by atoms with Gasteiger partial charge in [-0.2, -0.15) is 0 Å². The van der Waals surface area contributed by atoms with E-state index in [4.69, 9.17) is 11.6 Å². The van der Waals surface area contributed by atoms with Crippen molar-refractivity contribution in [2.24, 2.45) is 0 Å². The minimum atomic E-state index is -0.125. The average Bonchev–Trinajstić information content (AvgIpc) is 1.67. The van der Waals surface area contributed by atoms with E-state index in [2.05, 4.69) is 31.9 Å². The Morgan fingerprint density at radius 2 is 2.25 bits per heavy atom. The zero-order valence-electron chi connectivity index (χ0n) is 4.03. The van der Waals surface area contributed by atoms with Crippen LogP contribution in [0.1, 0.15) is 6.42 Å². The largest absolute Gasteiger partial charge is 0.285 e. The first-order valence-electron chi connectivity index (χ1n) is 2.08. The molecule has 0 aromatic heterocycles. The van der Waals surface area contributed by atoms with Gasteiger partial charge in [0, 0.05) is 5.88 Å². The van der Waals surface area contributed by atoms with Gasteiger partial charge in [0.15, 0.2) is 0 Å². The molecule has 0 amide bonds. The van der Waals surface area contributed by atoms with Crippen LogP contribution in [0.5, 0.6) is 0 Å². The minimum Gasteiger partial charge on any atom is -0.285 e. The molecule has 48 valence electrons. The third-order valence-corrected chi connectivity index (χ3v) is 2.87. The number of carbonyl (C=O) groups excluding carboxylic acids is 1. The topological polar surface area (TPSA) is 17.1 Å². The van der Waals surface area contributed by atoms with Crippen molar-refractivity contribution in [2.45, 2.75) is 11.2 Å². The SMILES string of the molecule is O=C(Br)C(Br)CCCl. The molecule has 0 heterocycles. The number of carbonyl (C=O) groups is 1. The van der Waals surface area contributed by atoms with E-state index >= 15 is 0 Å². The molecule has 0 rings (SSSR count). The summed E-state index contributed by atoms with van der Waals surface area (Å²) in [6.45, 7) is 0. The third kappa shape index (κ3) is 3.87. The second-order valence-corrected chi connectivity index (χ2v) is 3.51. The van der Waals surface area contributed by atoms with Crippen molar-refractivity contribution in [1.82, 2.24) is 0 Å². The summed E-state index contributed by atoms with van der Waals surface area (Å²) in [6, 6.07) is 0. The third-order valence-electron chi connectivity index (χ3n) is 0.609. The fourth-order valence-corrected chi connectivity index (χ4v) is 1.15. The highest BCUT2D eigenvalue weighted by atomic mass is 79.9. The maximum Gasteiger partial charge on any atom is 0.211 e. The Morgan fingerprint density at radius 1 is 1.75 bits per heavy atom. The molecule has 0 bridgehead atoms. The van der Waals surface area contributed by atoms with Crippen molar-refractivity contribution in [3.8, 4) is 0 Å². The maximum absolute atomic E-state index is 10.3. The van der Waals surface area contributed by atoms with E-state index in [-0.39, 0.29) is 9.52 Å². The molecule has 0 saturated heterocycles. The molecule has 0 fully saturated rings. The van der Waals surface area contributed by atoms with Crippen LogP contribution in [0.4, 0.5) is 0 Å². The van der Waals surface area contributed by atoms with Crippen molar-refractivity contribution < 1.29 is 4.79 Å². The van der Waals surface area contributed by atoms with Crippen molar-refractivity contribution in [1.29, 1.82) is 0 Å². The van der Waals surface area contributed by atoms with Crippen LogP contribution < -0.4 is 0 Å². The van der Waals surface area contributed by atoms with Gasteiger partial charge in [-0.05, 0) is 22.4 Å². The van der Waals surface area contributed by atoms with E-state index in [1.165, 1.54) is 0 Å². The molecular formula is C4H5Br2ClO. The molecule has 0 radical (unpaired) electrons. The van der Waals surface area contributed by atoms with E-state index in [0.29, 0.717) is 12.3 Å². The molecule has 0 aliphatic rings. The van der Waals surface area contributed by atoms with Gasteiger partial charge in [0.2, 0.25) is 4.69 Å². The molecule has 1 atom stereocenters. The molecule has 0 spiro atoms. The van der Waals surface area contributed by atoms with Gasteiger partial charge in [0.25, 0.3) is 0 Å². The lowest BCUT2D eigenvalue weighted by atomic mass is 10.4. The van der Waals surface area contributed by atoms with Gasteiger partial charge >= 0.3 is 0 Å². The predicted octanol–water partition coefficient (Wildman–Crippen LogP) is 2.30. The van der Waals surface area contributed by atoms with Gasteiger partial charge in [-0.1, -0.05) is 15.9 Å². The van der Waals surface area contributed by atoms with Crippen molar-refractivity contribution in [3.05, 3.63) is 0 Å². The van der Waals surface area contributed by atoms with E-state index in [9.17, 15) is 4.79 Å². The quantitative estimate of drug-likeness (QED) is 0.564. The molecule has 0 saturated carbocycles. The van der Waals surface area contributed by atoms with Crippen LogP contribution in [0.15, 0.2) is 0 Å². The van der Waals surface area contributed by atoms with Gasteiger partial charge in [-0.15, -0.1) is 11.6 Å². The smallest absolute Gasteiger partial charge is 0.211 e. The summed E-state index contributed by atoms with van der Waals surface area (Å²) >= 11 is 11.3. The summed E-state index contributed by atoms with van der Waals surface area (Å²) in [4.78, 5) is 10.2. The Kier molecular flexibility index (Phi) is 5.31. The Labute approximate surface area is 70.0 Å². The number of halogens is 3. The van der Waals surface area contributed by atoms with Crippen LogP contribution in [0.25, 0.3) is 0 Å². The van der Waals surface area contributed by atoms with E-state index in [0.717, 1.165) is 0 Å². The van der Waals surface area contributed by atoms with Crippen molar-refractivity contribution >= 4 is 48.2 Å². The van der Waals surface area contributed by atoms with Gasteiger partial charge in [-0.25, -0.2) is 0 Å². The zero-order chi connectivity index (χ0) is 6.57. The molecule has 1 nitrogen and oxygen atoms in total. The number of hydrogen-bond acceptors (Lipinski definition) is 1. The predicted molar refractivity (Wildman–Crippen MR) is 42.0 cm³/mol. The molecule has 4 heteroatoms. The van der Waals surface area contributed by atoms with Crippen LogP contribution in [0.3, 0.4) is 0 Å². The van der Waals surface area contributed by atoms with Crippen molar-refractivity contribution in [2.75, 3.05) is 5.88 Å². The van der Waals surface area contributed by atoms with Crippen LogP contribution >= 0.6 is 43.5 Å². The fourth-order valence-electron chi connectivity index (χ4n) is 0.209. The summed E-state index contributed by atoms with van der Waals surface area (Å²) in [5.41, 5.74) is 0. The van der Waals surface area contributed by atoms with Crippen LogP contribution in [0, 0.1) is 0 Å². The Hall–Kier alpha value is 0.920. The molecule has 0 N–H and O–H groups in total. The first kappa shape index (κ1) is 8.92. The highest BCUT2D eigenvalue weighted by Gasteiger charge is 2.08. The first-order chi connectivity index (χ1) is 3.68. The van der Waals surface area contributed by atoms with Crippen LogP contribution in [-0.2, 0) is 4.79 Å². The number of rotatable bonds is 3. The first-order valence-corrected chi connectivity index (χ1v) is 4.32. The molecule has 0 aliphatic carbocycles. The van der Waals surface area contributed by atoms with E-state index in [1.54, 1.807) is 0 Å². The van der Waals surface area contributed by atoms with Gasteiger partial charge < -0.3 is 0 Å².